The molecule has 0 radical (unpaired) electrons. The Bertz CT molecular complexity index is 312. The predicted octanol–water partition coefficient (Wildman–Crippen LogP) is 0.712. The number of rotatable bonds is 7. The molecule has 0 saturated carbocycles. The molecular weight excluding hydrogens is 218 g/mol. The van der Waals surface area contributed by atoms with Crippen LogP contribution in [-0.4, -0.2) is 36.4 Å². The smallest absolute Gasteiger partial charge is 0.123 e. The van der Waals surface area contributed by atoms with Gasteiger partial charge < -0.3 is 20.9 Å². The van der Waals surface area contributed by atoms with Crippen LogP contribution in [0.3, 0.4) is 0 Å². The van der Waals surface area contributed by atoms with Crippen molar-refractivity contribution in [3.8, 4) is 0 Å². The van der Waals surface area contributed by atoms with Crippen LogP contribution in [0.25, 0.3) is 0 Å². The maximum Gasteiger partial charge on any atom is 0.123 e. The Balaban J connectivity index is 2.34. The van der Waals surface area contributed by atoms with Gasteiger partial charge in [-0.1, -0.05) is 13.0 Å². The summed E-state index contributed by atoms with van der Waals surface area (Å²) in [5, 5.41) is 13.1. The molecule has 0 saturated heterocycles. The van der Waals surface area contributed by atoms with E-state index < -0.39 is 6.10 Å². The molecule has 2 atom stereocenters. The van der Waals surface area contributed by atoms with Crippen molar-refractivity contribution in [3.63, 3.8) is 0 Å². The number of pyridine rings is 1. The highest BCUT2D eigenvalue weighted by Gasteiger charge is 2.09. The van der Waals surface area contributed by atoms with Gasteiger partial charge in [0.2, 0.25) is 0 Å². The van der Waals surface area contributed by atoms with Crippen molar-refractivity contribution in [2.45, 2.75) is 25.6 Å². The lowest BCUT2D eigenvalue weighted by atomic mass is 10.1. The fourth-order valence-corrected chi connectivity index (χ4v) is 1.51. The van der Waals surface area contributed by atoms with Crippen LogP contribution in [0.5, 0.6) is 0 Å². The highest BCUT2D eigenvalue weighted by Crippen LogP contribution is 2.11. The summed E-state index contributed by atoms with van der Waals surface area (Å²) < 4.78 is 5.23. The summed E-state index contributed by atoms with van der Waals surface area (Å²) in [6, 6.07) is 3.46. The summed E-state index contributed by atoms with van der Waals surface area (Å²) in [6.45, 7) is 3.27. The summed E-state index contributed by atoms with van der Waals surface area (Å²) in [5.41, 5.74) is 6.24. The number of aliphatic hydroxyl groups is 1. The van der Waals surface area contributed by atoms with E-state index in [1.807, 2.05) is 0 Å². The maximum atomic E-state index is 9.89. The van der Waals surface area contributed by atoms with E-state index in [4.69, 9.17) is 10.5 Å². The molecule has 0 aromatic carbocycles. The second-order valence-corrected chi connectivity index (χ2v) is 3.96. The Kier molecular flexibility index (Phi) is 5.90. The van der Waals surface area contributed by atoms with Crippen molar-refractivity contribution < 1.29 is 9.84 Å². The van der Waals surface area contributed by atoms with Gasteiger partial charge in [-0.15, -0.1) is 0 Å². The third-order valence-electron chi connectivity index (χ3n) is 2.69. The van der Waals surface area contributed by atoms with Crippen LogP contribution in [0.1, 0.15) is 25.0 Å². The molecule has 0 fully saturated rings. The number of nitrogens with zero attached hydrogens (tertiary/aromatic N) is 1. The first-order chi connectivity index (χ1) is 8.17. The molecule has 1 aromatic heterocycles. The van der Waals surface area contributed by atoms with Crippen molar-refractivity contribution in [2.24, 2.45) is 0 Å². The van der Waals surface area contributed by atoms with E-state index in [1.54, 1.807) is 25.4 Å². The zero-order chi connectivity index (χ0) is 12.7. The molecule has 5 heteroatoms. The van der Waals surface area contributed by atoms with Crippen LogP contribution >= 0.6 is 0 Å². The lowest BCUT2D eigenvalue weighted by Crippen LogP contribution is -2.31. The Morgan fingerprint density at radius 3 is 2.76 bits per heavy atom. The van der Waals surface area contributed by atoms with Crippen molar-refractivity contribution >= 4 is 5.82 Å². The molecule has 2 unspecified atom stereocenters. The SMILES string of the molecule is CCC(CNCC(O)c1ccc(N)nc1)OC. The van der Waals surface area contributed by atoms with E-state index in [0.717, 1.165) is 18.5 Å². The van der Waals surface area contributed by atoms with E-state index in [0.29, 0.717) is 12.4 Å². The average Bonchev–Trinajstić information content (AvgIpc) is 2.35. The molecule has 96 valence electrons. The van der Waals surface area contributed by atoms with Crippen molar-refractivity contribution in [1.82, 2.24) is 10.3 Å². The van der Waals surface area contributed by atoms with E-state index in [1.165, 1.54) is 0 Å². The van der Waals surface area contributed by atoms with Crippen LogP contribution in [0.2, 0.25) is 0 Å². The number of ether oxygens (including phenoxy) is 1. The average molecular weight is 239 g/mol. The minimum absolute atomic E-state index is 0.187. The molecule has 1 aromatic rings. The van der Waals surface area contributed by atoms with Crippen molar-refractivity contribution in [1.29, 1.82) is 0 Å². The molecule has 0 aliphatic heterocycles. The van der Waals surface area contributed by atoms with Crippen molar-refractivity contribution in [3.05, 3.63) is 23.9 Å². The third kappa shape index (κ3) is 4.68. The molecule has 0 bridgehead atoms. The number of nitrogens with one attached hydrogen (secondary N) is 1. The zero-order valence-corrected chi connectivity index (χ0v) is 10.4. The van der Waals surface area contributed by atoms with Gasteiger partial charge in [-0.2, -0.15) is 0 Å². The number of hydrogen-bond donors (Lipinski definition) is 3. The normalized spacial score (nSPS) is 14.5. The van der Waals surface area contributed by atoms with Crippen LogP contribution in [0, 0.1) is 0 Å². The lowest BCUT2D eigenvalue weighted by Gasteiger charge is -2.16. The second-order valence-electron chi connectivity index (χ2n) is 3.96. The van der Waals surface area contributed by atoms with E-state index in [9.17, 15) is 5.11 Å². The number of aromatic nitrogens is 1. The fraction of sp³-hybridized carbons (Fsp3) is 0.583. The van der Waals surface area contributed by atoms with Crippen LogP contribution < -0.4 is 11.1 Å². The van der Waals surface area contributed by atoms with E-state index in [-0.39, 0.29) is 6.10 Å². The number of hydrogen-bond acceptors (Lipinski definition) is 5. The standard InChI is InChI=1S/C12H21N3O2/c1-3-10(17-2)7-14-8-11(16)9-4-5-12(13)15-6-9/h4-6,10-11,14,16H,3,7-8H2,1-2H3,(H2,13,15). The molecule has 0 amide bonds. The summed E-state index contributed by atoms with van der Waals surface area (Å²) in [6.07, 6.45) is 2.16. The van der Waals surface area contributed by atoms with Gasteiger partial charge in [0, 0.05) is 32.0 Å². The molecule has 1 heterocycles. The summed E-state index contributed by atoms with van der Waals surface area (Å²) in [5.74, 6) is 0.458. The molecule has 4 N–H and O–H groups in total. The number of nitrogen functional groups attached to an aromatic ring is 1. The molecule has 17 heavy (non-hydrogen) atoms. The van der Waals surface area contributed by atoms with Crippen LogP contribution in [0.15, 0.2) is 18.3 Å². The lowest BCUT2D eigenvalue weighted by molar-refractivity contribution is 0.0926. The first-order valence-electron chi connectivity index (χ1n) is 5.80. The second kappa shape index (κ2) is 7.21. The van der Waals surface area contributed by atoms with E-state index in [2.05, 4.69) is 17.2 Å². The first kappa shape index (κ1) is 13.9. The molecule has 1 rings (SSSR count). The van der Waals surface area contributed by atoms with Crippen LogP contribution in [0.4, 0.5) is 5.82 Å². The Morgan fingerprint density at radius 1 is 1.47 bits per heavy atom. The predicted molar refractivity (Wildman–Crippen MR) is 67.6 cm³/mol. The number of aliphatic hydroxyl groups excluding tert-OH is 1. The maximum absolute atomic E-state index is 9.89. The van der Waals surface area contributed by atoms with E-state index >= 15 is 0 Å². The first-order valence-corrected chi connectivity index (χ1v) is 5.80. The minimum atomic E-state index is -0.572. The molecule has 0 aliphatic carbocycles. The highest BCUT2D eigenvalue weighted by atomic mass is 16.5. The molecule has 5 nitrogen and oxygen atoms in total. The van der Waals surface area contributed by atoms with Gasteiger partial charge in [0.05, 0.1) is 12.2 Å². The Hall–Kier alpha value is -1.17. The number of anilines is 1. The van der Waals surface area contributed by atoms with Gasteiger partial charge in [0.25, 0.3) is 0 Å². The monoisotopic (exact) mass is 239 g/mol. The summed E-state index contributed by atoms with van der Waals surface area (Å²) in [4.78, 5) is 3.94. The molecule has 0 aliphatic rings. The van der Waals surface area contributed by atoms with Gasteiger partial charge in [-0.25, -0.2) is 4.98 Å². The molecule has 0 spiro atoms. The third-order valence-corrected chi connectivity index (χ3v) is 2.69. The largest absolute Gasteiger partial charge is 0.387 e. The minimum Gasteiger partial charge on any atom is -0.387 e. The number of nitrogens with two attached hydrogens (primary N) is 1. The van der Waals surface area contributed by atoms with Gasteiger partial charge in [-0.05, 0) is 12.5 Å². The van der Waals surface area contributed by atoms with Crippen molar-refractivity contribution in [2.75, 3.05) is 25.9 Å². The topological polar surface area (TPSA) is 80.4 Å². The Morgan fingerprint density at radius 2 is 2.24 bits per heavy atom. The van der Waals surface area contributed by atoms with Gasteiger partial charge in [0.1, 0.15) is 5.82 Å². The summed E-state index contributed by atoms with van der Waals surface area (Å²) in [7, 11) is 1.69. The number of methoxy groups -OCH3 is 1. The summed E-state index contributed by atoms with van der Waals surface area (Å²) >= 11 is 0. The van der Waals surface area contributed by atoms with Gasteiger partial charge >= 0.3 is 0 Å². The molecular formula is C12H21N3O2. The highest BCUT2D eigenvalue weighted by molar-refractivity contribution is 5.30. The van der Waals surface area contributed by atoms with Gasteiger partial charge in [0.15, 0.2) is 0 Å². The quantitative estimate of drug-likeness (QED) is 0.653. The fourth-order valence-electron chi connectivity index (χ4n) is 1.51. The van der Waals surface area contributed by atoms with Crippen LogP contribution in [-0.2, 0) is 4.74 Å². The zero-order valence-electron chi connectivity index (χ0n) is 10.4. The van der Waals surface area contributed by atoms with Gasteiger partial charge in [-0.3, -0.25) is 0 Å². The Labute approximate surface area is 102 Å².